The number of benzene rings is 2. The molecule has 2 rings (SSSR count). The zero-order chi connectivity index (χ0) is 42.0. The maximum atomic E-state index is 12.4. The maximum Gasteiger partial charge on any atom is 0.349 e. The van der Waals surface area contributed by atoms with E-state index in [-0.39, 0.29) is 48.7 Å². The lowest BCUT2D eigenvalue weighted by atomic mass is 10.1. The number of hydrogen-bond donors (Lipinski definition) is 0. The minimum absolute atomic E-state index is 0.162. The van der Waals surface area contributed by atoms with E-state index in [0.29, 0.717) is 50.1 Å². The van der Waals surface area contributed by atoms with Crippen molar-refractivity contribution in [2.24, 2.45) is 0 Å². The Labute approximate surface area is 333 Å². The van der Waals surface area contributed by atoms with Crippen molar-refractivity contribution in [2.75, 3.05) is 62.4 Å². The smallest absolute Gasteiger partial charge is 0.349 e. The number of nitriles is 4. The predicted octanol–water partition coefficient (Wildman–Crippen LogP) is 6.14. The second kappa shape index (κ2) is 25.8. The predicted molar refractivity (Wildman–Crippen MR) is 212 cm³/mol. The molecule has 2 aromatic rings. The summed E-state index contributed by atoms with van der Waals surface area (Å²) in [6.45, 7) is 11.6. The van der Waals surface area contributed by atoms with Crippen LogP contribution in [0.15, 0.2) is 84.0 Å². The molecule has 0 aromatic heterocycles. The van der Waals surface area contributed by atoms with E-state index in [0.717, 1.165) is 30.6 Å². The maximum absolute atomic E-state index is 12.4. The molecule has 0 aliphatic rings. The fraction of sp³-hybridized carbons (Fsp3) is 0.349. The van der Waals surface area contributed by atoms with Gasteiger partial charge in [0.15, 0.2) is 0 Å². The van der Waals surface area contributed by atoms with Crippen LogP contribution < -0.4 is 9.80 Å². The number of hydrogen-bond acceptors (Lipinski definition) is 14. The van der Waals surface area contributed by atoms with E-state index in [1.807, 2.05) is 36.4 Å². The Hall–Kier alpha value is -7.16. The van der Waals surface area contributed by atoms with Gasteiger partial charge in [-0.1, -0.05) is 37.4 Å². The van der Waals surface area contributed by atoms with Crippen molar-refractivity contribution < 1.29 is 38.1 Å². The third-order valence-electron chi connectivity index (χ3n) is 7.96. The summed E-state index contributed by atoms with van der Waals surface area (Å²) in [7, 11) is 0. The highest BCUT2D eigenvalue weighted by Gasteiger charge is 2.14. The molecular formula is C43H46N6O8. The Morgan fingerprint density at radius 2 is 0.877 bits per heavy atom. The van der Waals surface area contributed by atoms with Crippen molar-refractivity contribution in [1.82, 2.24) is 0 Å². The van der Waals surface area contributed by atoms with Crippen LogP contribution >= 0.6 is 0 Å². The van der Waals surface area contributed by atoms with Crippen LogP contribution in [0, 0.1) is 45.3 Å². The van der Waals surface area contributed by atoms with Crippen molar-refractivity contribution in [1.29, 1.82) is 21.0 Å². The van der Waals surface area contributed by atoms with Crippen molar-refractivity contribution in [2.45, 2.75) is 46.0 Å². The van der Waals surface area contributed by atoms with E-state index < -0.39 is 23.9 Å². The highest BCUT2D eigenvalue weighted by molar-refractivity contribution is 5.98. The number of nitrogens with zero attached hydrogens (tertiary/aromatic N) is 6. The molecule has 14 heteroatoms. The first-order valence-electron chi connectivity index (χ1n) is 18.1. The number of anilines is 2. The molecule has 0 saturated heterocycles. The van der Waals surface area contributed by atoms with Crippen LogP contribution in [0.3, 0.4) is 0 Å². The number of ether oxygens (including phenoxy) is 4. The van der Waals surface area contributed by atoms with E-state index in [9.17, 15) is 40.2 Å². The molecule has 0 aliphatic carbocycles. The van der Waals surface area contributed by atoms with E-state index in [4.69, 9.17) is 18.9 Å². The van der Waals surface area contributed by atoms with Gasteiger partial charge in [-0.05, 0) is 80.7 Å². The summed E-state index contributed by atoms with van der Waals surface area (Å²) in [5.41, 5.74) is 2.98. The highest BCUT2D eigenvalue weighted by Crippen LogP contribution is 2.21. The van der Waals surface area contributed by atoms with Crippen LogP contribution in [-0.2, 0) is 38.1 Å². The summed E-state index contributed by atoms with van der Waals surface area (Å²) in [4.78, 5) is 51.9. The molecule has 0 bridgehead atoms. The minimum atomic E-state index is -0.841. The molecule has 0 radical (unpaired) electrons. The molecule has 0 N–H and O–H groups in total. The van der Waals surface area contributed by atoms with Gasteiger partial charge in [-0.15, -0.1) is 0 Å². The normalized spacial score (nSPS) is 10.7. The topological polar surface area (TPSA) is 207 Å². The fourth-order valence-corrected chi connectivity index (χ4v) is 5.00. The lowest BCUT2D eigenvalue weighted by Gasteiger charge is -2.26. The molecule has 0 spiro atoms. The van der Waals surface area contributed by atoms with Gasteiger partial charge >= 0.3 is 23.9 Å². The van der Waals surface area contributed by atoms with Gasteiger partial charge in [-0.2, -0.15) is 21.0 Å². The number of rotatable bonds is 24. The first-order chi connectivity index (χ1) is 27.4. The fourth-order valence-electron chi connectivity index (χ4n) is 5.00. The quantitative estimate of drug-likeness (QED) is 0.0386. The summed E-state index contributed by atoms with van der Waals surface area (Å²) in [5, 5.41) is 37.5. The van der Waals surface area contributed by atoms with Crippen LogP contribution in [0.25, 0.3) is 12.2 Å². The number of esters is 4. The number of unbranched alkanes of at least 4 members (excludes halogenated alkanes) is 2. The number of carbonyl (C=O) groups excluding carboxylic acids is 4. The Morgan fingerprint density at radius 1 is 0.544 bits per heavy atom. The van der Waals surface area contributed by atoms with Crippen LogP contribution in [0.2, 0.25) is 0 Å². The second-order valence-corrected chi connectivity index (χ2v) is 12.5. The SMILES string of the molecule is C=C(C)C(=O)OCCOC(=O)C(C#N)=Cc1ccc(N(CCC#N)CCCCCN(CCC#N)c2ccc(C=C(C#N)C(=O)OCCOC(=O)C(=C)C)cc2)cc1. The van der Waals surface area contributed by atoms with E-state index in [1.54, 1.807) is 24.3 Å². The summed E-state index contributed by atoms with van der Waals surface area (Å²) >= 11 is 0. The molecule has 0 fully saturated rings. The summed E-state index contributed by atoms with van der Waals surface area (Å²) in [5.74, 6) is -2.88. The Kier molecular flexibility index (Phi) is 20.8. The Bertz CT molecular complexity index is 1820. The van der Waals surface area contributed by atoms with Crippen molar-refractivity contribution in [3.05, 3.63) is 95.1 Å². The van der Waals surface area contributed by atoms with Crippen molar-refractivity contribution >= 4 is 47.4 Å². The Balaban J connectivity index is 1.97. The first-order valence-corrected chi connectivity index (χ1v) is 18.1. The largest absolute Gasteiger partial charge is 0.459 e. The molecule has 2 aromatic carbocycles. The minimum Gasteiger partial charge on any atom is -0.459 e. The van der Waals surface area contributed by atoms with E-state index in [1.165, 1.54) is 26.0 Å². The van der Waals surface area contributed by atoms with Gasteiger partial charge < -0.3 is 28.7 Å². The summed E-state index contributed by atoms with van der Waals surface area (Å²) in [6.07, 6.45) is 6.00. The van der Waals surface area contributed by atoms with Gasteiger partial charge in [0.25, 0.3) is 0 Å². The van der Waals surface area contributed by atoms with Gasteiger partial charge in [0, 0.05) is 48.7 Å². The molecule has 0 aliphatic heterocycles. The molecular weight excluding hydrogens is 729 g/mol. The number of carbonyl (C=O) groups is 4. The van der Waals surface area contributed by atoms with E-state index >= 15 is 0 Å². The summed E-state index contributed by atoms with van der Waals surface area (Å²) < 4.78 is 19.9. The molecule has 0 heterocycles. The standard InChI is InChI=1S/C43H46N6O8/c1-32(2)40(50)54-24-26-56-42(52)36(30-46)28-34-10-14-38(15-11-34)48(22-8-18-44)20-6-5-7-21-49(23-9-19-45)39-16-12-35(13-17-39)29-37(31-47)43(53)57-27-25-55-41(51)33(3)4/h10-17,28-29H,1,3,5-9,20-27H2,2,4H3. The van der Waals surface area contributed by atoms with Gasteiger partial charge in [0.05, 0.1) is 25.0 Å². The van der Waals surface area contributed by atoms with E-state index in [2.05, 4.69) is 35.1 Å². The molecule has 0 atom stereocenters. The second-order valence-electron chi connectivity index (χ2n) is 12.5. The first kappa shape index (κ1) is 46.0. The highest BCUT2D eigenvalue weighted by atomic mass is 16.6. The summed E-state index contributed by atoms with van der Waals surface area (Å²) in [6, 6.07) is 22.5. The third-order valence-corrected chi connectivity index (χ3v) is 7.96. The zero-order valence-corrected chi connectivity index (χ0v) is 32.3. The Morgan fingerprint density at radius 3 is 1.18 bits per heavy atom. The average Bonchev–Trinajstić information content (AvgIpc) is 3.21. The van der Waals surface area contributed by atoms with Crippen LogP contribution in [-0.4, -0.2) is 76.5 Å². The average molecular weight is 775 g/mol. The molecule has 0 saturated carbocycles. The lowest BCUT2D eigenvalue weighted by molar-refractivity contribution is -0.147. The van der Waals surface area contributed by atoms with Gasteiger partial charge in [0.1, 0.15) is 49.7 Å². The van der Waals surface area contributed by atoms with Crippen molar-refractivity contribution in [3.8, 4) is 24.3 Å². The van der Waals surface area contributed by atoms with Crippen LogP contribution in [0.5, 0.6) is 0 Å². The van der Waals surface area contributed by atoms with Crippen LogP contribution in [0.1, 0.15) is 57.1 Å². The van der Waals surface area contributed by atoms with Gasteiger partial charge in [0.2, 0.25) is 0 Å². The lowest BCUT2D eigenvalue weighted by Crippen LogP contribution is -2.27. The monoisotopic (exact) mass is 774 g/mol. The molecule has 57 heavy (non-hydrogen) atoms. The molecule has 0 amide bonds. The molecule has 296 valence electrons. The van der Waals surface area contributed by atoms with Crippen LogP contribution in [0.4, 0.5) is 11.4 Å². The molecule has 14 nitrogen and oxygen atoms in total. The third kappa shape index (κ3) is 17.2. The zero-order valence-electron chi connectivity index (χ0n) is 32.3. The van der Waals surface area contributed by atoms with Gasteiger partial charge in [-0.3, -0.25) is 0 Å². The van der Waals surface area contributed by atoms with Gasteiger partial charge in [-0.25, -0.2) is 19.2 Å². The molecule has 0 unspecified atom stereocenters. The van der Waals surface area contributed by atoms with Crippen molar-refractivity contribution in [3.63, 3.8) is 0 Å².